The molecule has 0 bridgehead atoms. The third-order valence-corrected chi connectivity index (χ3v) is 3.23. The lowest BCUT2D eigenvalue weighted by molar-refractivity contribution is 0.186. The Labute approximate surface area is 86.6 Å². The van der Waals surface area contributed by atoms with Crippen LogP contribution >= 0.6 is 11.8 Å². The predicted octanol–water partition coefficient (Wildman–Crippen LogP) is 3.09. The van der Waals surface area contributed by atoms with Gasteiger partial charge in [0.25, 0.3) is 0 Å². The first-order valence-corrected chi connectivity index (χ1v) is 6.19. The summed E-state index contributed by atoms with van der Waals surface area (Å²) in [5.41, 5.74) is 0. The third kappa shape index (κ3) is 9.97. The second-order valence-corrected chi connectivity index (χ2v) is 4.88. The zero-order valence-corrected chi connectivity index (χ0v) is 9.65. The molecule has 78 valence electrons. The van der Waals surface area contributed by atoms with E-state index < -0.39 is 0 Å². The van der Waals surface area contributed by atoms with Crippen LogP contribution in [0, 0.1) is 5.92 Å². The van der Waals surface area contributed by atoms with Gasteiger partial charge in [-0.3, -0.25) is 0 Å². The molecule has 0 aliphatic carbocycles. The van der Waals surface area contributed by atoms with Crippen LogP contribution in [-0.2, 0) is 0 Å². The number of rotatable bonds is 8. The molecule has 0 radical (unpaired) electrons. The molecule has 0 aromatic heterocycles. The highest BCUT2D eigenvalue weighted by Gasteiger charge is 2.03. The van der Waals surface area contributed by atoms with Crippen molar-refractivity contribution < 1.29 is 5.11 Å². The van der Waals surface area contributed by atoms with Crippen LogP contribution in [0.4, 0.5) is 0 Å². The fraction of sp³-hybridized carbons (Fsp3) is 0.818. The molecule has 0 aromatic rings. The molecule has 0 fully saturated rings. The van der Waals surface area contributed by atoms with Crippen LogP contribution in [0.5, 0.6) is 0 Å². The number of aliphatic hydroxyl groups excluding tert-OH is 1. The summed E-state index contributed by atoms with van der Waals surface area (Å²) in [6.07, 6.45) is 4.79. The Balaban J connectivity index is 3.19. The Morgan fingerprint density at radius 2 is 2.08 bits per heavy atom. The molecule has 0 heterocycles. The van der Waals surface area contributed by atoms with Crippen LogP contribution in [-0.4, -0.2) is 22.7 Å². The Kier molecular flexibility index (Phi) is 8.67. The van der Waals surface area contributed by atoms with Gasteiger partial charge in [-0.25, -0.2) is 0 Å². The van der Waals surface area contributed by atoms with Crippen molar-refractivity contribution in [3.63, 3.8) is 0 Å². The summed E-state index contributed by atoms with van der Waals surface area (Å²) in [5.74, 6) is 2.76. The fourth-order valence-electron chi connectivity index (χ4n) is 1.02. The van der Waals surface area contributed by atoms with Crippen LogP contribution in [0.15, 0.2) is 12.7 Å². The molecular weight excluding hydrogens is 180 g/mol. The van der Waals surface area contributed by atoms with Crippen molar-refractivity contribution in [2.75, 3.05) is 11.5 Å². The van der Waals surface area contributed by atoms with Crippen LogP contribution < -0.4 is 0 Å². The van der Waals surface area contributed by atoms with Crippen molar-refractivity contribution in [3.8, 4) is 0 Å². The quantitative estimate of drug-likeness (QED) is 0.482. The van der Waals surface area contributed by atoms with Crippen LogP contribution in [0.3, 0.4) is 0 Å². The van der Waals surface area contributed by atoms with Gasteiger partial charge in [-0.1, -0.05) is 19.9 Å². The molecule has 0 amide bonds. The van der Waals surface area contributed by atoms with Crippen LogP contribution in [0.2, 0.25) is 0 Å². The minimum absolute atomic E-state index is 0.122. The standard InChI is InChI=1S/C11H22OS/c1-4-5-6-7-11(12)9-13-8-10(2)3/h4,10-12H,1,5-9H2,2-3H3. The molecule has 0 saturated carbocycles. The van der Waals surface area contributed by atoms with Gasteiger partial charge >= 0.3 is 0 Å². The Morgan fingerprint density at radius 3 is 2.62 bits per heavy atom. The van der Waals surface area contributed by atoms with Crippen molar-refractivity contribution >= 4 is 11.8 Å². The van der Waals surface area contributed by atoms with Gasteiger partial charge in [-0.15, -0.1) is 6.58 Å². The number of aliphatic hydroxyl groups is 1. The van der Waals surface area contributed by atoms with Gasteiger partial charge in [0.05, 0.1) is 6.10 Å². The summed E-state index contributed by atoms with van der Waals surface area (Å²) >= 11 is 1.85. The number of hydrogen-bond donors (Lipinski definition) is 1. The van der Waals surface area contributed by atoms with Crippen molar-refractivity contribution in [1.29, 1.82) is 0 Å². The molecule has 0 spiro atoms. The van der Waals surface area contributed by atoms with Gasteiger partial charge < -0.3 is 5.11 Å². The SMILES string of the molecule is C=CCCCC(O)CSCC(C)C. The monoisotopic (exact) mass is 202 g/mol. The Hall–Kier alpha value is 0.0500. The molecule has 0 aliphatic rings. The predicted molar refractivity (Wildman–Crippen MR) is 62.2 cm³/mol. The zero-order chi connectivity index (χ0) is 10.1. The first-order valence-electron chi connectivity index (χ1n) is 5.03. The lowest BCUT2D eigenvalue weighted by atomic mass is 10.2. The van der Waals surface area contributed by atoms with E-state index in [-0.39, 0.29) is 6.10 Å². The van der Waals surface area contributed by atoms with Gasteiger partial charge in [0, 0.05) is 5.75 Å². The van der Waals surface area contributed by atoms with Gasteiger partial charge in [-0.2, -0.15) is 11.8 Å². The molecule has 1 nitrogen and oxygen atoms in total. The normalized spacial score (nSPS) is 13.2. The molecule has 0 aliphatic heterocycles. The van der Waals surface area contributed by atoms with E-state index in [1.807, 2.05) is 17.8 Å². The number of hydrogen-bond acceptors (Lipinski definition) is 2. The number of allylic oxidation sites excluding steroid dienone is 1. The van der Waals surface area contributed by atoms with Crippen molar-refractivity contribution in [2.24, 2.45) is 5.92 Å². The highest BCUT2D eigenvalue weighted by molar-refractivity contribution is 7.99. The zero-order valence-electron chi connectivity index (χ0n) is 8.83. The maximum absolute atomic E-state index is 9.53. The minimum Gasteiger partial charge on any atom is -0.392 e. The van der Waals surface area contributed by atoms with Crippen LogP contribution in [0.25, 0.3) is 0 Å². The first-order chi connectivity index (χ1) is 6.16. The maximum Gasteiger partial charge on any atom is 0.0630 e. The smallest absolute Gasteiger partial charge is 0.0630 e. The maximum atomic E-state index is 9.53. The van der Waals surface area contributed by atoms with E-state index in [4.69, 9.17) is 0 Å². The topological polar surface area (TPSA) is 20.2 Å². The molecular formula is C11H22OS. The van der Waals surface area contributed by atoms with E-state index in [2.05, 4.69) is 20.4 Å². The molecule has 1 atom stereocenters. The number of thioether (sulfide) groups is 1. The molecule has 1 N–H and O–H groups in total. The summed E-state index contributed by atoms with van der Waals surface area (Å²) in [4.78, 5) is 0. The summed E-state index contributed by atoms with van der Waals surface area (Å²) in [5, 5.41) is 9.53. The molecule has 13 heavy (non-hydrogen) atoms. The van der Waals surface area contributed by atoms with E-state index >= 15 is 0 Å². The van der Waals surface area contributed by atoms with Crippen molar-refractivity contribution in [2.45, 2.75) is 39.2 Å². The second kappa shape index (κ2) is 8.64. The summed E-state index contributed by atoms with van der Waals surface area (Å²) in [6.45, 7) is 8.07. The number of unbranched alkanes of at least 4 members (excludes halogenated alkanes) is 1. The van der Waals surface area contributed by atoms with Crippen LogP contribution in [0.1, 0.15) is 33.1 Å². The lowest BCUT2D eigenvalue weighted by Crippen LogP contribution is -2.10. The van der Waals surface area contributed by atoms with Gasteiger partial charge in [0.2, 0.25) is 0 Å². The minimum atomic E-state index is -0.122. The molecule has 2 heteroatoms. The fourth-order valence-corrected chi connectivity index (χ4v) is 2.07. The molecule has 0 rings (SSSR count). The molecule has 0 saturated heterocycles. The highest BCUT2D eigenvalue weighted by atomic mass is 32.2. The van der Waals surface area contributed by atoms with Gasteiger partial charge in [0.1, 0.15) is 0 Å². The second-order valence-electron chi connectivity index (χ2n) is 3.80. The average molecular weight is 202 g/mol. The van der Waals surface area contributed by atoms with E-state index in [0.29, 0.717) is 0 Å². The van der Waals surface area contributed by atoms with E-state index in [0.717, 1.165) is 36.7 Å². The first kappa shape index (κ1) is 13.1. The van der Waals surface area contributed by atoms with Crippen molar-refractivity contribution in [1.82, 2.24) is 0 Å². The van der Waals surface area contributed by atoms with E-state index in [9.17, 15) is 5.11 Å². The average Bonchev–Trinajstić information content (AvgIpc) is 2.04. The molecule has 0 aromatic carbocycles. The summed E-state index contributed by atoms with van der Waals surface area (Å²) in [7, 11) is 0. The van der Waals surface area contributed by atoms with E-state index in [1.165, 1.54) is 0 Å². The summed E-state index contributed by atoms with van der Waals surface area (Å²) in [6, 6.07) is 0. The summed E-state index contributed by atoms with van der Waals surface area (Å²) < 4.78 is 0. The van der Waals surface area contributed by atoms with E-state index in [1.54, 1.807) is 0 Å². The van der Waals surface area contributed by atoms with Gasteiger partial charge in [0.15, 0.2) is 0 Å². The van der Waals surface area contributed by atoms with Crippen molar-refractivity contribution in [3.05, 3.63) is 12.7 Å². The Bertz CT molecular complexity index is 123. The highest BCUT2D eigenvalue weighted by Crippen LogP contribution is 2.12. The third-order valence-electron chi connectivity index (χ3n) is 1.71. The lowest BCUT2D eigenvalue weighted by Gasteiger charge is -2.10. The Morgan fingerprint density at radius 1 is 1.38 bits per heavy atom. The largest absolute Gasteiger partial charge is 0.392 e. The molecule has 1 unspecified atom stereocenters. The van der Waals surface area contributed by atoms with Gasteiger partial charge in [-0.05, 0) is 30.9 Å².